The average molecular weight is 226 g/mol. The van der Waals surface area contributed by atoms with Crippen molar-refractivity contribution >= 4 is 5.97 Å². The fourth-order valence-electron chi connectivity index (χ4n) is 1.30. The molecule has 90 valence electrons. The van der Waals surface area contributed by atoms with Crippen LogP contribution < -0.4 is 0 Å². The summed E-state index contributed by atoms with van der Waals surface area (Å²) in [7, 11) is 3.95. The van der Waals surface area contributed by atoms with Crippen LogP contribution in [0.5, 0.6) is 0 Å². The summed E-state index contributed by atoms with van der Waals surface area (Å²) in [5.41, 5.74) is 0. The molecular formula is C10H18N4O2. The van der Waals surface area contributed by atoms with Crippen molar-refractivity contribution in [2.45, 2.75) is 20.4 Å². The van der Waals surface area contributed by atoms with Crippen molar-refractivity contribution in [1.82, 2.24) is 19.7 Å². The molecule has 6 nitrogen and oxygen atoms in total. The zero-order chi connectivity index (χ0) is 12.1. The second-order valence-corrected chi connectivity index (χ2v) is 3.75. The Kier molecular flexibility index (Phi) is 4.42. The van der Waals surface area contributed by atoms with Crippen molar-refractivity contribution in [2.24, 2.45) is 0 Å². The summed E-state index contributed by atoms with van der Waals surface area (Å²) in [6.07, 6.45) is 0. The number of esters is 1. The SMILES string of the molecule is CCOC(=O)c1nnc(C)n1CCN(C)C. The Labute approximate surface area is 95.2 Å². The monoisotopic (exact) mass is 226 g/mol. The van der Waals surface area contributed by atoms with E-state index in [1.54, 1.807) is 11.5 Å². The van der Waals surface area contributed by atoms with Gasteiger partial charge in [0.2, 0.25) is 5.82 Å². The molecule has 0 amide bonds. The lowest BCUT2D eigenvalue weighted by Gasteiger charge is -2.12. The molecule has 0 aliphatic rings. The fraction of sp³-hybridized carbons (Fsp3) is 0.700. The highest BCUT2D eigenvalue weighted by Crippen LogP contribution is 2.03. The van der Waals surface area contributed by atoms with Crippen LogP contribution in [-0.4, -0.2) is 52.9 Å². The van der Waals surface area contributed by atoms with Crippen LogP contribution in [0.4, 0.5) is 0 Å². The van der Waals surface area contributed by atoms with Gasteiger partial charge in [0, 0.05) is 13.1 Å². The number of hydrogen-bond donors (Lipinski definition) is 0. The fourth-order valence-corrected chi connectivity index (χ4v) is 1.30. The first-order valence-electron chi connectivity index (χ1n) is 5.28. The number of likely N-dealkylation sites (N-methyl/N-ethyl adjacent to an activating group) is 1. The van der Waals surface area contributed by atoms with E-state index in [4.69, 9.17) is 4.74 Å². The van der Waals surface area contributed by atoms with Crippen LogP contribution in [0.2, 0.25) is 0 Å². The van der Waals surface area contributed by atoms with E-state index in [1.807, 2.05) is 25.9 Å². The highest BCUT2D eigenvalue weighted by Gasteiger charge is 2.17. The smallest absolute Gasteiger partial charge is 0.376 e. The van der Waals surface area contributed by atoms with E-state index in [0.717, 1.165) is 12.4 Å². The molecule has 0 saturated carbocycles. The van der Waals surface area contributed by atoms with Crippen LogP contribution in [0.15, 0.2) is 0 Å². The summed E-state index contributed by atoms with van der Waals surface area (Å²) >= 11 is 0. The second-order valence-electron chi connectivity index (χ2n) is 3.75. The van der Waals surface area contributed by atoms with Gasteiger partial charge in [-0.05, 0) is 27.9 Å². The highest BCUT2D eigenvalue weighted by atomic mass is 16.5. The second kappa shape index (κ2) is 5.60. The topological polar surface area (TPSA) is 60.2 Å². The first-order valence-corrected chi connectivity index (χ1v) is 5.28. The van der Waals surface area contributed by atoms with Crippen LogP contribution in [0.3, 0.4) is 0 Å². The molecule has 6 heteroatoms. The molecule has 0 atom stereocenters. The highest BCUT2D eigenvalue weighted by molar-refractivity contribution is 5.85. The minimum atomic E-state index is -0.415. The van der Waals surface area contributed by atoms with E-state index in [-0.39, 0.29) is 5.82 Å². The summed E-state index contributed by atoms with van der Waals surface area (Å²) in [5.74, 6) is 0.591. The van der Waals surface area contributed by atoms with E-state index in [0.29, 0.717) is 13.2 Å². The minimum absolute atomic E-state index is 0.279. The normalized spacial score (nSPS) is 10.8. The van der Waals surface area contributed by atoms with Crippen molar-refractivity contribution in [2.75, 3.05) is 27.2 Å². The number of rotatable bonds is 5. The minimum Gasteiger partial charge on any atom is -0.460 e. The van der Waals surface area contributed by atoms with Gasteiger partial charge in [-0.1, -0.05) is 0 Å². The first kappa shape index (κ1) is 12.6. The van der Waals surface area contributed by atoms with Gasteiger partial charge in [0.25, 0.3) is 0 Å². The van der Waals surface area contributed by atoms with Crippen molar-refractivity contribution in [3.05, 3.63) is 11.6 Å². The number of nitrogens with zero attached hydrogens (tertiary/aromatic N) is 4. The Balaban J connectivity index is 2.81. The summed E-state index contributed by atoms with van der Waals surface area (Å²) in [5, 5.41) is 7.72. The van der Waals surface area contributed by atoms with Crippen molar-refractivity contribution in [3.8, 4) is 0 Å². The van der Waals surface area contributed by atoms with Gasteiger partial charge < -0.3 is 14.2 Å². The Hall–Kier alpha value is -1.43. The Morgan fingerprint density at radius 1 is 1.44 bits per heavy atom. The molecule has 0 N–H and O–H groups in total. The van der Waals surface area contributed by atoms with Gasteiger partial charge in [-0.15, -0.1) is 10.2 Å². The zero-order valence-electron chi connectivity index (χ0n) is 10.2. The molecule has 1 aromatic rings. The lowest BCUT2D eigenvalue weighted by atomic mass is 10.5. The van der Waals surface area contributed by atoms with E-state index in [2.05, 4.69) is 10.2 Å². The Morgan fingerprint density at radius 3 is 2.69 bits per heavy atom. The summed E-state index contributed by atoms with van der Waals surface area (Å²) in [4.78, 5) is 13.6. The van der Waals surface area contributed by atoms with Crippen molar-refractivity contribution in [3.63, 3.8) is 0 Å². The molecule has 1 aromatic heterocycles. The van der Waals surface area contributed by atoms with Gasteiger partial charge in [0.15, 0.2) is 0 Å². The maximum Gasteiger partial charge on any atom is 0.376 e. The standard InChI is InChI=1S/C10H18N4O2/c1-5-16-10(15)9-12-11-8(2)14(9)7-6-13(3)4/h5-7H2,1-4H3. The number of aryl methyl sites for hydroxylation is 1. The van der Waals surface area contributed by atoms with Crippen LogP contribution in [-0.2, 0) is 11.3 Å². The molecule has 0 aliphatic carbocycles. The largest absolute Gasteiger partial charge is 0.460 e. The van der Waals surface area contributed by atoms with E-state index in [9.17, 15) is 4.79 Å². The van der Waals surface area contributed by atoms with Crippen LogP contribution >= 0.6 is 0 Å². The van der Waals surface area contributed by atoms with Crippen LogP contribution in [0.1, 0.15) is 23.4 Å². The van der Waals surface area contributed by atoms with Gasteiger partial charge in [-0.3, -0.25) is 0 Å². The zero-order valence-corrected chi connectivity index (χ0v) is 10.2. The third-order valence-corrected chi connectivity index (χ3v) is 2.16. The molecule has 16 heavy (non-hydrogen) atoms. The molecule has 0 radical (unpaired) electrons. The van der Waals surface area contributed by atoms with E-state index >= 15 is 0 Å². The summed E-state index contributed by atoms with van der Waals surface area (Å²) in [6.45, 7) is 5.44. The molecule has 0 bridgehead atoms. The molecule has 0 aliphatic heterocycles. The third-order valence-electron chi connectivity index (χ3n) is 2.16. The summed E-state index contributed by atoms with van der Waals surface area (Å²) in [6, 6.07) is 0. The van der Waals surface area contributed by atoms with Crippen LogP contribution in [0, 0.1) is 6.92 Å². The number of ether oxygens (including phenoxy) is 1. The molecule has 1 rings (SSSR count). The van der Waals surface area contributed by atoms with Gasteiger partial charge in [-0.2, -0.15) is 0 Å². The van der Waals surface area contributed by atoms with Gasteiger partial charge in [-0.25, -0.2) is 4.79 Å². The van der Waals surface area contributed by atoms with Crippen molar-refractivity contribution < 1.29 is 9.53 Å². The number of carbonyl (C=O) groups is 1. The molecule has 0 unspecified atom stereocenters. The third kappa shape index (κ3) is 3.03. The molecule has 1 heterocycles. The Bertz CT molecular complexity index is 360. The maximum atomic E-state index is 11.6. The molecule has 0 aromatic carbocycles. The number of aromatic nitrogens is 3. The average Bonchev–Trinajstić information content (AvgIpc) is 2.57. The molecule has 0 fully saturated rings. The number of carbonyl (C=O) groups excluding carboxylic acids is 1. The quantitative estimate of drug-likeness (QED) is 0.677. The van der Waals surface area contributed by atoms with Gasteiger partial charge >= 0.3 is 5.97 Å². The predicted octanol–water partition coefficient (Wildman–Crippen LogP) is 0.325. The molecular weight excluding hydrogens is 208 g/mol. The summed E-state index contributed by atoms with van der Waals surface area (Å²) < 4.78 is 6.69. The first-order chi connectivity index (χ1) is 7.56. The van der Waals surface area contributed by atoms with Gasteiger partial charge in [0.1, 0.15) is 5.82 Å². The number of hydrogen-bond acceptors (Lipinski definition) is 5. The van der Waals surface area contributed by atoms with Gasteiger partial charge in [0.05, 0.1) is 6.61 Å². The molecule has 0 spiro atoms. The lowest BCUT2D eigenvalue weighted by Crippen LogP contribution is -2.22. The van der Waals surface area contributed by atoms with Crippen molar-refractivity contribution in [1.29, 1.82) is 0 Å². The maximum absolute atomic E-state index is 11.6. The van der Waals surface area contributed by atoms with Crippen LogP contribution in [0.25, 0.3) is 0 Å². The van der Waals surface area contributed by atoms with E-state index < -0.39 is 5.97 Å². The predicted molar refractivity (Wildman–Crippen MR) is 59.3 cm³/mol. The Morgan fingerprint density at radius 2 is 2.12 bits per heavy atom. The lowest BCUT2D eigenvalue weighted by molar-refractivity contribution is 0.0505. The molecule has 0 saturated heterocycles. The van der Waals surface area contributed by atoms with E-state index in [1.165, 1.54) is 0 Å².